The highest BCUT2D eigenvalue weighted by molar-refractivity contribution is 5.94. The van der Waals surface area contributed by atoms with Crippen LogP contribution in [0.1, 0.15) is 46.7 Å². The minimum Gasteiger partial charge on any atom is -0.342 e. The fourth-order valence-electron chi connectivity index (χ4n) is 2.74. The average Bonchev–Trinajstić information content (AvgIpc) is 3.05. The Kier molecular flexibility index (Phi) is 3.26. The minimum atomic E-state index is -0.164. The summed E-state index contributed by atoms with van der Waals surface area (Å²) in [5.74, 6) is 0.690. The number of amides is 1. The van der Waals surface area contributed by atoms with Crippen LogP contribution < -0.4 is 5.32 Å². The summed E-state index contributed by atoms with van der Waals surface area (Å²) >= 11 is 0. The molecule has 3 rings (SSSR count). The first-order chi connectivity index (χ1) is 9.65. The quantitative estimate of drug-likeness (QED) is 0.925. The van der Waals surface area contributed by atoms with E-state index in [1.54, 1.807) is 6.33 Å². The van der Waals surface area contributed by atoms with Crippen molar-refractivity contribution in [2.75, 3.05) is 0 Å². The molecule has 1 heterocycles. The summed E-state index contributed by atoms with van der Waals surface area (Å²) in [5, 5.41) is 10.8. The molecule has 1 aliphatic rings. The molecule has 1 aromatic heterocycles. The summed E-state index contributed by atoms with van der Waals surface area (Å²) in [4.78, 5) is 12.3. The molecule has 1 aliphatic carbocycles. The van der Waals surface area contributed by atoms with Gasteiger partial charge < -0.3 is 9.88 Å². The van der Waals surface area contributed by atoms with Crippen LogP contribution in [0.5, 0.6) is 0 Å². The number of nitrogens with zero attached hydrogens (tertiary/aromatic N) is 3. The number of hydrogen-bond donors (Lipinski definition) is 1. The molecule has 0 radical (unpaired) electrons. The van der Waals surface area contributed by atoms with E-state index < -0.39 is 0 Å². The van der Waals surface area contributed by atoms with Crippen molar-refractivity contribution in [1.82, 2.24) is 20.1 Å². The van der Waals surface area contributed by atoms with Gasteiger partial charge in [0.25, 0.3) is 5.91 Å². The van der Waals surface area contributed by atoms with Gasteiger partial charge in [0, 0.05) is 12.6 Å². The van der Waals surface area contributed by atoms with Crippen molar-refractivity contribution in [2.45, 2.75) is 32.2 Å². The van der Waals surface area contributed by atoms with Crippen molar-refractivity contribution < 1.29 is 4.79 Å². The molecule has 0 spiro atoms. The monoisotopic (exact) mass is 270 g/mol. The highest BCUT2D eigenvalue weighted by Gasteiger charge is 2.17. The van der Waals surface area contributed by atoms with Crippen LogP contribution in [0.15, 0.2) is 24.5 Å². The van der Waals surface area contributed by atoms with Crippen LogP contribution >= 0.6 is 0 Å². The predicted molar refractivity (Wildman–Crippen MR) is 75.4 cm³/mol. The lowest BCUT2D eigenvalue weighted by molar-refractivity contribution is 0.0937. The summed E-state index contributed by atoms with van der Waals surface area (Å²) < 4.78 is 1.81. The highest BCUT2D eigenvalue weighted by Crippen LogP contribution is 2.23. The molecule has 1 atom stereocenters. The van der Waals surface area contributed by atoms with Crippen molar-refractivity contribution >= 4 is 5.91 Å². The number of rotatable bonds is 3. The van der Waals surface area contributed by atoms with Gasteiger partial charge in [-0.05, 0) is 49.4 Å². The fraction of sp³-hybridized carbons (Fsp3) is 0.400. The Morgan fingerprint density at radius 3 is 2.90 bits per heavy atom. The number of carbonyl (C=O) groups is 1. The number of aryl methyl sites for hydroxylation is 3. The summed E-state index contributed by atoms with van der Waals surface area (Å²) in [6.07, 6.45) is 5.03. The lowest BCUT2D eigenvalue weighted by Crippen LogP contribution is -2.28. The number of carbonyl (C=O) groups excluding carboxylic acids is 1. The minimum absolute atomic E-state index is 0.0600. The van der Waals surface area contributed by atoms with Crippen LogP contribution in [0.2, 0.25) is 0 Å². The van der Waals surface area contributed by atoms with Gasteiger partial charge in [0.05, 0.1) is 6.04 Å². The Labute approximate surface area is 118 Å². The van der Waals surface area contributed by atoms with Gasteiger partial charge >= 0.3 is 0 Å². The van der Waals surface area contributed by atoms with E-state index in [0.717, 1.165) is 24.2 Å². The van der Waals surface area contributed by atoms with E-state index in [9.17, 15) is 4.79 Å². The SMILES string of the molecule is C[C@H](NC(=O)c1ccc2c(c1)CCC2)c1nncn1C. The lowest BCUT2D eigenvalue weighted by atomic mass is 10.1. The lowest BCUT2D eigenvalue weighted by Gasteiger charge is -2.13. The molecular weight excluding hydrogens is 252 g/mol. The van der Waals surface area contributed by atoms with E-state index >= 15 is 0 Å². The Morgan fingerprint density at radius 2 is 2.15 bits per heavy atom. The Morgan fingerprint density at radius 1 is 1.35 bits per heavy atom. The van der Waals surface area contributed by atoms with E-state index in [0.29, 0.717) is 0 Å². The molecule has 0 bridgehead atoms. The van der Waals surface area contributed by atoms with Gasteiger partial charge in [-0.3, -0.25) is 4.79 Å². The molecule has 0 saturated heterocycles. The number of hydrogen-bond acceptors (Lipinski definition) is 3. The van der Waals surface area contributed by atoms with Crippen LogP contribution in [-0.2, 0) is 19.9 Å². The molecule has 1 N–H and O–H groups in total. The van der Waals surface area contributed by atoms with Gasteiger partial charge in [0.15, 0.2) is 5.82 Å². The summed E-state index contributed by atoms with van der Waals surface area (Å²) in [6, 6.07) is 5.83. The molecule has 2 aromatic rings. The van der Waals surface area contributed by atoms with Gasteiger partial charge in [0.2, 0.25) is 0 Å². The molecule has 1 aromatic carbocycles. The number of aromatic nitrogens is 3. The zero-order valence-electron chi connectivity index (χ0n) is 11.8. The first-order valence-corrected chi connectivity index (χ1v) is 6.91. The van der Waals surface area contributed by atoms with Crippen LogP contribution in [0.3, 0.4) is 0 Å². The zero-order valence-corrected chi connectivity index (χ0v) is 11.8. The fourth-order valence-corrected chi connectivity index (χ4v) is 2.74. The smallest absolute Gasteiger partial charge is 0.251 e. The average molecular weight is 270 g/mol. The summed E-state index contributed by atoms with van der Waals surface area (Å²) in [5.41, 5.74) is 3.41. The van der Waals surface area contributed by atoms with Crippen molar-refractivity contribution in [3.05, 3.63) is 47.0 Å². The third-order valence-electron chi connectivity index (χ3n) is 3.84. The van der Waals surface area contributed by atoms with Crippen LogP contribution in [-0.4, -0.2) is 20.7 Å². The maximum atomic E-state index is 12.3. The van der Waals surface area contributed by atoms with Gasteiger partial charge in [0.1, 0.15) is 6.33 Å². The maximum Gasteiger partial charge on any atom is 0.251 e. The van der Waals surface area contributed by atoms with Gasteiger partial charge in [-0.15, -0.1) is 10.2 Å². The second kappa shape index (κ2) is 5.07. The Bertz CT molecular complexity index is 647. The topological polar surface area (TPSA) is 59.8 Å². The molecule has 104 valence electrons. The molecule has 0 saturated carbocycles. The van der Waals surface area contributed by atoms with Gasteiger partial charge in [-0.2, -0.15) is 0 Å². The normalized spacial score (nSPS) is 14.9. The number of nitrogens with one attached hydrogen (secondary N) is 1. The number of fused-ring (bicyclic) bond motifs is 1. The largest absolute Gasteiger partial charge is 0.342 e. The van der Waals surface area contributed by atoms with Crippen molar-refractivity contribution in [3.63, 3.8) is 0 Å². The van der Waals surface area contributed by atoms with Crippen LogP contribution in [0.4, 0.5) is 0 Å². The molecule has 5 nitrogen and oxygen atoms in total. The van der Waals surface area contributed by atoms with Gasteiger partial charge in [-0.25, -0.2) is 0 Å². The molecule has 0 aliphatic heterocycles. The molecule has 5 heteroatoms. The van der Waals surface area contributed by atoms with Crippen molar-refractivity contribution in [3.8, 4) is 0 Å². The zero-order chi connectivity index (χ0) is 14.1. The molecule has 0 unspecified atom stereocenters. The van der Waals surface area contributed by atoms with Crippen molar-refractivity contribution in [1.29, 1.82) is 0 Å². The van der Waals surface area contributed by atoms with Crippen LogP contribution in [0, 0.1) is 0 Å². The van der Waals surface area contributed by atoms with Gasteiger partial charge in [-0.1, -0.05) is 6.07 Å². The predicted octanol–water partition coefficient (Wildman–Crippen LogP) is 1.79. The van der Waals surface area contributed by atoms with E-state index in [4.69, 9.17) is 0 Å². The summed E-state index contributed by atoms with van der Waals surface area (Å²) in [6.45, 7) is 1.91. The Hall–Kier alpha value is -2.17. The third-order valence-corrected chi connectivity index (χ3v) is 3.84. The molecule has 0 fully saturated rings. The molecule has 1 amide bonds. The second-order valence-electron chi connectivity index (χ2n) is 5.33. The van der Waals surface area contributed by atoms with E-state index in [1.807, 2.05) is 30.7 Å². The van der Waals surface area contributed by atoms with Crippen LogP contribution in [0.25, 0.3) is 0 Å². The standard InChI is InChI=1S/C15H18N4O/c1-10(14-18-16-9-19(14)2)17-15(20)13-7-6-11-4-3-5-12(11)8-13/h6-10H,3-5H2,1-2H3,(H,17,20)/t10-/m0/s1. The highest BCUT2D eigenvalue weighted by atomic mass is 16.1. The van der Waals surface area contributed by atoms with E-state index in [2.05, 4.69) is 21.6 Å². The third kappa shape index (κ3) is 2.31. The van der Waals surface area contributed by atoms with E-state index in [-0.39, 0.29) is 11.9 Å². The second-order valence-corrected chi connectivity index (χ2v) is 5.33. The first-order valence-electron chi connectivity index (χ1n) is 6.91. The maximum absolute atomic E-state index is 12.3. The molecule has 20 heavy (non-hydrogen) atoms. The number of benzene rings is 1. The molecular formula is C15H18N4O. The summed E-state index contributed by atoms with van der Waals surface area (Å²) in [7, 11) is 1.87. The Balaban J connectivity index is 1.75. The van der Waals surface area contributed by atoms with Crippen molar-refractivity contribution in [2.24, 2.45) is 7.05 Å². The van der Waals surface area contributed by atoms with E-state index in [1.165, 1.54) is 17.5 Å². The first kappa shape index (κ1) is 12.8.